The van der Waals surface area contributed by atoms with E-state index in [1.807, 2.05) is 0 Å². The molecule has 4 heteroatoms. The molecule has 1 N–H and O–H groups in total. The third kappa shape index (κ3) is 2.56. The van der Waals surface area contributed by atoms with Crippen molar-refractivity contribution in [3.05, 3.63) is 35.5 Å². The van der Waals surface area contributed by atoms with Crippen molar-refractivity contribution in [2.45, 2.75) is 13.8 Å². The van der Waals surface area contributed by atoms with Crippen LogP contribution >= 0.6 is 0 Å². The molecule has 0 aliphatic carbocycles. The number of carbonyl (C=O) groups is 1. The molecule has 4 nitrogen and oxygen atoms in total. The monoisotopic (exact) mass is 207 g/mol. The van der Waals surface area contributed by atoms with Crippen molar-refractivity contribution in [1.82, 2.24) is 4.98 Å². The highest BCUT2D eigenvalue weighted by Crippen LogP contribution is 2.20. The van der Waals surface area contributed by atoms with Gasteiger partial charge in [0.1, 0.15) is 12.2 Å². The number of hydrogen-bond donors (Lipinski definition) is 1. The van der Waals surface area contributed by atoms with Crippen molar-refractivity contribution in [1.29, 1.82) is 0 Å². The van der Waals surface area contributed by atoms with E-state index in [-0.39, 0.29) is 18.1 Å². The molecule has 0 fully saturated rings. The summed E-state index contributed by atoms with van der Waals surface area (Å²) in [5.74, 6) is -0.876. The van der Waals surface area contributed by atoms with Crippen LogP contribution in [0.4, 0.5) is 0 Å². The molecule has 1 aromatic rings. The molecule has 0 atom stereocenters. The van der Waals surface area contributed by atoms with Crippen molar-refractivity contribution in [3.8, 4) is 5.88 Å². The Morgan fingerprint density at radius 3 is 2.87 bits per heavy atom. The zero-order chi connectivity index (χ0) is 11.4. The summed E-state index contributed by atoms with van der Waals surface area (Å²) in [7, 11) is 0. The average Bonchev–Trinajstić information content (AvgIpc) is 2.12. The fourth-order valence-corrected chi connectivity index (χ4v) is 1.30. The van der Waals surface area contributed by atoms with Crippen LogP contribution in [-0.2, 0) is 0 Å². The van der Waals surface area contributed by atoms with E-state index in [9.17, 15) is 4.79 Å². The molecule has 0 radical (unpaired) electrons. The second kappa shape index (κ2) is 4.59. The first kappa shape index (κ1) is 11.2. The molecule has 1 rings (SSSR count). The first-order valence-electron chi connectivity index (χ1n) is 4.51. The molecule has 0 amide bonds. The van der Waals surface area contributed by atoms with Crippen molar-refractivity contribution in [2.24, 2.45) is 0 Å². The topological polar surface area (TPSA) is 59.4 Å². The lowest BCUT2D eigenvalue weighted by Gasteiger charge is -2.09. The maximum Gasteiger partial charge on any atom is 0.341 e. The van der Waals surface area contributed by atoms with E-state index < -0.39 is 5.97 Å². The van der Waals surface area contributed by atoms with E-state index in [0.717, 1.165) is 5.69 Å². The van der Waals surface area contributed by atoms with Crippen LogP contribution in [0.3, 0.4) is 0 Å². The molecule has 0 aliphatic rings. The minimum atomic E-state index is -1.03. The standard InChI is InChI=1S/C11H13NO3/c1-4-5-15-10-9(11(13)14)7(2)6-8(3)12-10/h4,6H,1,5H2,2-3H3,(H,13,14). The quantitative estimate of drug-likeness (QED) is 0.767. The number of carboxylic acids is 1. The predicted octanol–water partition coefficient (Wildman–Crippen LogP) is 1.96. The fraction of sp³-hybridized carbons (Fsp3) is 0.273. The highest BCUT2D eigenvalue weighted by molar-refractivity contribution is 5.91. The summed E-state index contributed by atoms with van der Waals surface area (Å²) in [5, 5.41) is 8.99. The zero-order valence-electron chi connectivity index (χ0n) is 8.78. The number of carboxylic acid groups (broad SMARTS) is 1. The number of pyridine rings is 1. The maximum absolute atomic E-state index is 11.0. The first-order valence-corrected chi connectivity index (χ1v) is 4.51. The van der Waals surface area contributed by atoms with Crippen LogP contribution in [-0.4, -0.2) is 22.7 Å². The van der Waals surface area contributed by atoms with E-state index in [1.54, 1.807) is 26.0 Å². The van der Waals surface area contributed by atoms with Crippen LogP contribution < -0.4 is 4.74 Å². The Labute approximate surface area is 88.2 Å². The van der Waals surface area contributed by atoms with Gasteiger partial charge in [-0.1, -0.05) is 12.7 Å². The summed E-state index contributed by atoms with van der Waals surface area (Å²) in [6, 6.07) is 1.71. The van der Waals surface area contributed by atoms with Crippen LogP contribution in [0.15, 0.2) is 18.7 Å². The SMILES string of the molecule is C=CCOc1nc(C)cc(C)c1C(=O)O. The van der Waals surface area contributed by atoms with Gasteiger partial charge in [-0.3, -0.25) is 0 Å². The van der Waals surface area contributed by atoms with Gasteiger partial charge in [-0.15, -0.1) is 0 Å². The maximum atomic E-state index is 11.0. The molecule has 80 valence electrons. The van der Waals surface area contributed by atoms with E-state index >= 15 is 0 Å². The van der Waals surface area contributed by atoms with Crippen LogP contribution in [0.2, 0.25) is 0 Å². The number of ether oxygens (including phenoxy) is 1. The lowest BCUT2D eigenvalue weighted by Crippen LogP contribution is -2.08. The molecule has 0 unspecified atom stereocenters. The minimum Gasteiger partial charge on any atom is -0.477 e. The first-order chi connectivity index (χ1) is 7.06. The summed E-state index contributed by atoms with van der Waals surface area (Å²) in [4.78, 5) is 15.0. The summed E-state index contributed by atoms with van der Waals surface area (Å²) in [6.07, 6.45) is 1.55. The Kier molecular flexibility index (Phi) is 3.44. The number of aromatic carboxylic acids is 1. The van der Waals surface area contributed by atoms with Crippen LogP contribution in [0.25, 0.3) is 0 Å². The molecule has 15 heavy (non-hydrogen) atoms. The van der Waals surface area contributed by atoms with Gasteiger partial charge >= 0.3 is 5.97 Å². The average molecular weight is 207 g/mol. The van der Waals surface area contributed by atoms with Gasteiger partial charge in [0.2, 0.25) is 5.88 Å². The predicted molar refractivity (Wildman–Crippen MR) is 56.4 cm³/mol. The summed E-state index contributed by atoms with van der Waals surface area (Å²) < 4.78 is 5.20. The van der Waals surface area contributed by atoms with Crippen molar-refractivity contribution in [2.75, 3.05) is 6.61 Å². The van der Waals surface area contributed by atoms with Gasteiger partial charge in [-0.05, 0) is 25.5 Å². The van der Waals surface area contributed by atoms with Gasteiger partial charge in [-0.25, -0.2) is 9.78 Å². The summed E-state index contributed by atoms with van der Waals surface area (Å²) >= 11 is 0. The molecule has 1 heterocycles. The Morgan fingerprint density at radius 1 is 1.67 bits per heavy atom. The Morgan fingerprint density at radius 2 is 2.33 bits per heavy atom. The molecular weight excluding hydrogens is 194 g/mol. The van der Waals surface area contributed by atoms with Crippen molar-refractivity contribution >= 4 is 5.97 Å². The number of rotatable bonds is 4. The second-order valence-corrected chi connectivity index (χ2v) is 3.17. The zero-order valence-corrected chi connectivity index (χ0v) is 8.78. The Balaban J connectivity index is 3.20. The Hall–Kier alpha value is -1.84. The third-order valence-electron chi connectivity index (χ3n) is 1.86. The van der Waals surface area contributed by atoms with E-state index in [2.05, 4.69) is 11.6 Å². The lowest BCUT2D eigenvalue weighted by atomic mass is 10.1. The molecular formula is C11H13NO3. The molecule has 0 bridgehead atoms. The van der Waals surface area contributed by atoms with Gasteiger partial charge in [0.05, 0.1) is 0 Å². The molecule has 0 spiro atoms. The molecule has 0 aromatic carbocycles. The second-order valence-electron chi connectivity index (χ2n) is 3.17. The minimum absolute atomic E-state index is 0.113. The van der Waals surface area contributed by atoms with Crippen LogP contribution in [0.5, 0.6) is 5.88 Å². The molecule has 1 aromatic heterocycles. The van der Waals surface area contributed by atoms with E-state index in [4.69, 9.17) is 9.84 Å². The van der Waals surface area contributed by atoms with E-state index in [0.29, 0.717) is 5.56 Å². The third-order valence-corrected chi connectivity index (χ3v) is 1.86. The van der Waals surface area contributed by atoms with Crippen LogP contribution in [0.1, 0.15) is 21.6 Å². The van der Waals surface area contributed by atoms with E-state index in [1.165, 1.54) is 0 Å². The summed E-state index contributed by atoms with van der Waals surface area (Å²) in [6.45, 7) is 7.25. The largest absolute Gasteiger partial charge is 0.477 e. The van der Waals surface area contributed by atoms with Crippen molar-refractivity contribution < 1.29 is 14.6 Å². The fourth-order valence-electron chi connectivity index (χ4n) is 1.30. The van der Waals surface area contributed by atoms with Gasteiger partial charge in [0.15, 0.2) is 0 Å². The van der Waals surface area contributed by atoms with Crippen molar-refractivity contribution in [3.63, 3.8) is 0 Å². The molecule has 0 saturated heterocycles. The smallest absolute Gasteiger partial charge is 0.341 e. The number of hydrogen-bond acceptors (Lipinski definition) is 3. The normalized spacial score (nSPS) is 9.73. The van der Waals surface area contributed by atoms with Gasteiger partial charge in [0, 0.05) is 5.69 Å². The Bertz CT molecular complexity index is 399. The van der Waals surface area contributed by atoms with Crippen LogP contribution in [0, 0.1) is 13.8 Å². The number of nitrogens with zero attached hydrogens (tertiary/aromatic N) is 1. The molecule has 0 aliphatic heterocycles. The highest BCUT2D eigenvalue weighted by atomic mass is 16.5. The molecule has 0 saturated carbocycles. The lowest BCUT2D eigenvalue weighted by molar-refractivity contribution is 0.0691. The van der Waals surface area contributed by atoms with Gasteiger partial charge in [-0.2, -0.15) is 0 Å². The summed E-state index contributed by atoms with van der Waals surface area (Å²) in [5.41, 5.74) is 1.49. The van der Waals surface area contributed by atoms with Gasteiger partial charge in [0.25, 0.3) is 0 Å². The number of aryl methyl sites for hydroxylation is 2. The van der Waals surface area contributed by atoms with Gasteiger partial charge < -0.3 is 9.84 Å². The number of aromatic nitrogens is 1. The highest BCUT2D eigenvalue weighted by Gasteiger charge is 2.16.